The number of hydrogen-bond donors (Lipinski definition) is 4. The molecule has 0 heterocycles. The molecule has 6 nitrogen and oxygen atoms in total. The zero-order valence-corrected chi connectivity index (χ0v) is 10.3. The highest BCUT2D eigenvalue weighted by Gasteiger charge is 2.12. The van der Waals surface area contributed by atoms with Gasteiger partial charge in [-0.25, -0.2) is 0 Å². The van der Waals surface area contributed by atoms with Crippen LogP contribution >= 0.6 is 0 Å². The normalized spacial score (nSPS) is 11.9. The van der Waals surface area contributed by atoms with E-state index in [0.717, 1.165) is 6.42 Å². The van der Waals surface area contributed by atoms with E-state index in [1.165, 1.54) is 0 Å². The monoisotopic (exact) mass is 253 g/mol. The lowest BCUT2D eigenvalue weighted by molar-refractivity contribution is -0.125. The Kier molecular flexibility index (Phi) is 5.26. The number of aliphatic hydroxyl groups is 1. The number of carbonyl (C=O) groups excluding carboxylic acids is 1. The molecule has 0 aromatic heterocycles. The lowest BCUT2D eigenvalue weighted by Crippen LogP contribution is -2.34. The number of nitrogens with one attached hydrogen (secondary N) is 1. The zero-order valence-electron chi connectivity index (χ0n) is 10.3. The van der Waals surface area contributed by atoms with Crippen LogP contribution in [-0.4, -0.2) is 30.3 Å². The lowest BCUT2D eigenvalue weighted by Gasteiger charge is -2.14. The third-order valence-electron chi connectivity index (χ3n) is 2.34. The van der Waals surface area contributed by atoms with Gasteiger partial charge in [-0.2, -0.15) is 0 Å². The molecule has 1 amide bonds. The summed E-state index contributed by atoms with van der Waals surface area (Å²) in [4.78, 5) is 10.7. The molecule has 1 unspecified atom stereocenters. The van der Waals surface area contributed by atoms with Crippen LogP contribution in [-0.2, 0) is 4.79 Å². The van der Waals surface area contributed by atoms with Gasteiger partial charge >= 0.3 is 0 Å². The highest BCUT2D eigenvalue weighted by Crippen LogP contribution is 2.29. The van der Waals surface area contributed by atoms with Crippen molar-refractivity contribution in [3.8, 4) is 5.75 Å². The van der Waals surface area contributed by atoms with Gasteiger partial charge in [-0.1, -0.05) is 13.0 Å². The molecule has 0 fully saturated rings. The molecule has 6 heteroatoms. The van der Waals surface area contributed by atoms with Gasteiger partial charge in [0.05, 0.1) is 18.0 Å². The molecule has 0 bridgehead atoms. The molecule has 1 rings (SSSR count). The van der Waals surface area contributed by atoms with Crippen molar-refractivity contribution in [3.63, 3.8) is 0 Å². The van der Waals surface area contributed by atoms with Crippen LogP contribution in [0.2, 0.25) is 0 Å². The summed E-state index contributed by atoms with van der Waals surface area (Å²) in [5.41, 5.74) is 11.9. The molecule has 0 saturated heterocycles. The predicted molar refractivity (Wildman–Crippen MR) is 70.3 cm³/mol. The van der Waals surface area contributed by atoms with Crippen molar-refractivity contribution in [1.29, 1.82) is 0 Å². The number of primary amides is 1. The first-order chi connectivity index (χ1) is 8.56. The van der Waals surface area contributed by atoms with E-state index in [-0.39, 0.29) is 6.54 Å². The van der Waals surface area contributed by atoms with Gasteiger partial charge in [0.25, 0.3) is 0 Å². The van der Waals surface area contributed by atoms with Crippen LogP contribution in [0, 0.1) is 0 Å². The predicted octanol–water partition coefficient (Wildman–Crippen LogP) is 0.316. The third kappa shape index (κ3) is 3.81. The van der Waals surface area contributed by atoms with Crippen molar-refractivity contribution in [2.24, 2.45) is 5.73 Å². The topological polar surface area (TPSA) is 111 Å². The van der Waals surface area contributed by atoms with Crippen LogP contribution in [0.3, 0.4) is 0 Å². The number of hydrogen-bond acceptors (Lipinski definition) is 5. The summed E-state index contributed by atoms with van der Waals surface area (Å²) in [5.74, 6) is -0.199. The number of carbonyl (C=O) groups is 1. The largest absolute Gasteiger partial charge is 0.491 e. The lowest BCUT2D eigenvalue weighted by atomic mass is 10.2. The fourth-order valence-electron chi connectivity index (χ4n) is 1.34. The van der Waals surface area contributed by atoms with Gasteiger partial charge < -0.3 is 26.6 Å². The maximum atomic E-state index is 10.7. The maximum Gasteiger partial charge on any atom is 0.248 e. The molecule has 6 N–H and O–H groups in total. The Morgan fingerprint density at radius 3 is 2.89 bits per heavy atom. The van der Waals surface area contributed by atoms with E-state index >= 15 is 0 Å². The number of nitrogens with two attached hydrogens (primary N) is 2. The standard InChI is InChI=1S/C12H19N3O3/c1-2-6-18-10-5-3-4-8(11(10)13)15-7-9(16)12(14)17/h3-5,9,15-16H,2,6-7,13H2,1H3,(H2,14,17). The van der Waals surface area contributed by atoms with E-state index in [1.54, 1.807) is 18.2 Å². The molecule has 100 valence electrons. The van der Waals surface area contributed by atoms with Gasteiger partial charge in [-0.3, -0.25) is 4.79 Å². The minimum absolute atomic E-state index is 0.0107. The molecule has 0 aliphatic heterocycles. The fraction of sp³-hybridized carbons (Fsp3) is 0.417. The quantitative estimate of drug-likeness (QED) is 0.523. The van der Waals surface area contributed by atoms with Gasteiger partial charge in [-0.15, -0.1) is 0 Å². The number of ether oxygens (including phenoxy) is 1. The second kappa shape index (κ2) is 6.70. The Bertz CT molecular complexity index is 410. The number of para-hydroxylation sites is 1. The van der Waals surface area contributed by atoms with Crippen LogP contribution < -0.4 is 21.5 Å². The molecule has 1 aromatic carbocycles. The third-order valence-corrected chi connectivity index (χ3v) is 2.34. The zero-order chi connectivity index (χ0) is 13.5. The van der Waals surface area contributed by atoms with Crippen molar-refractivity contribution >= 4 is 17.3 Å². The highest BCUT2D eigenvalue weighted by atomic mass is 16.5. The second-order valence-corrected chi connectivity index (χ2v) is 3.86. The molecule has 0 spiro atoms. The minimum atomic E-state index is -1.25. The first-order valence-corrected chi connectivity index (χ1v) is 5.78. The van der Waals surface area contributed by atoms with Gasteiger partial charge in [0.2, 0.25) is 5.91 Å². The summed E-state index contributed by atoms with van der Waals surface area (Å²) in [6.45, 7) is 2.59. The van der Waals surface area contributed by atoms with E-state index in [4.69, 9.17) is 16.2 Å². The Balaban J connectivity index is 2.68. The van der Waals surface area contributed by atoms with Crippen LogP contribution in [0.4, 0.5) is 11.4 Å². The van der Waals surface area contributed by atoms with Crippen LogP contribution in [0.1, 0.15) is 13.3 Å². The van der Waals surface area contributed by atoms with E-state index in [0.29, 0.717) is 23.7 Å². The van der Waals surface area contributed by atoms with Crippen LogP contribution in [0.25, 0.3) is 0 Å². The number of anilines is 2. The van der Waals surface area contributed by atoms with E-state index in [9.17, 15) is 9.90 Å². The Hall–Kier alpha value is -1.95. The van der Waals surface area contributed by atoms with Gasteiger partial charge in [-0.05, 0) is 18.6 Å². The van der Waals surface area contributed by atoms with E-state index < -0.39 is 12.0 Å². The molecular formula is C12H19N3O3. The number of benzene rings is 1. The fourth-order valence-corrected chi connectivity index (χ4v) is 1.34. The minimum Gasteiger partial charge on any atom is -0.491 e. The summed E-state index contributed by atoms with van der Waals surface area (Å²) < 4.78 is 5.46. The molecule has 1 aromatic rings. The van der Waals surface area contributed by atoms with Crippen molar-refractivity contribution in [2.75, 3.05) is 24.2 Å². The Morgan fingerprint density at radius 2 is 2.28 bits per heavy atom. The van der Waals surface area contributed by atoms with Crippen molar-refractivity contribution in [3.05, 3.63) is 18.2 Å². The SMILES string of the molecule is CCCOc1cccc(NCC(O)C(N)=O)c1N. The average Bonchev–Trinajstić information content (AvgIpc) is 2.35. The summed E-state index contributed by atoms with van der Waals surface area (Å²) >= 11 is 0. The van der Waals surface area contributed by atoms with Gasteiger partial charge in [0.1, 0.15) is 11.9 Å². The summed E-state index contributed by atoms with van der Waals surface area (Å²) in [7, 11) is 0. The summed E-state index contributed by atoms with van der Waals surface area (Å²) in [6, 6.07) is 5.28. The molecule has 0 aliphatic rings. The molecular weight excluding hydrogens is 234 g/mol. The van der Waals surface area contributed by atoms with E-state index in [2.05, 4.69) is 5.32 Å². The first kappa shape index (κ1) is 14.1. The average molecular weight is 253 g/mol. The number of rotatable bonds is 7. The van der Waals surface area contributed by atoms with Crippen molar-refractivity contribution in [1.82, 2.24) is 0 Å². The van der Waals surface area contributed by atoms with Crippen molar-refractivity contribution in [2.45, 2.75) is 19.4 Å². The smallest absolute Gasteiger partial charge is 0.248 e. The summed E-state index contributed by atoms with van der Waals surface area (Å²) in [5, 5.41) is 12.1. The highest BCUT2D eigenvalue weighted by molar-refractivity contribution is 5.80. The molecule has 18 heavy (non-hydrogen) atoms. The molecule has 1 atom stereocenters. The maximum absolute atomic E-state index is 10.7. The van der Waals surface area contributed by atoms with Gasteiger partial charge in [0.15, 0.2) is 0 Å². The van der Waals surface area contributed by atoms with E-state index in [1.807, 2.05) is 6.92 Å². The Labute approximate surface area is 106 Å². The number of nitrogen functional groups attached to an aromatic ring is 1. The summed E-state index contributed by atoms with van der Waals surface area (Å²) in [6.07, 6.45) is -0.359. The van der Waals surface area contributed by atoms with Crippen LogP contribution in [0.15, 0.2) is 18.2 Å². The first-order valence-electron chi connectivity index (χ1n) is 5.78. The number of aliphatic hydroxyl groups excluding tert-OH is 1. The second-order valence-electron chi connectivity index (χ2n) is 3.86. The van der Waals surface area contributed by atoms with Crippen LogP contribution in [0.5, 0.6) is 5.75 Å². The van der Waals surface area contributed by atoms with Gasteiger partial charge in [0, 0.05) is 6.54 Å². The Morgan fingerprint density at radius 1 is 1.56 bits per heavy atom. The number of amides is 1. The molecule has 0 aliphatic carbocycles. The molecule has 0 radical (unpaired) electrons. The molecule has 0 saturated carbocycles. The van der Waals surface area contributed by atoms with Crippen molar-refractivity contribution < 1.29 is 14.6 Å².